The van der Waals surface area contributed by atoms with Crippen molar-refractivity contribution in [2.24, 2.45) is 0 Å². The van der Waals surface area contributed by atoms with Crippen LogP contribution < -0.4 is 16.6 Å². The van der Waals surface area contributed by atoms with Crippen molar-refractivity contribution in [1.29, 1.82) is 0 Å². The number of aliphatic hydroxyl groups is 2. The summed E-state index contributed by atoms with van der Waals surface area (Å²) in [5, 5.41) is 24.0. The minimum absolute atomic E-state index is 0.103. The van der Waals surface area contributed by atoms with Gasteiger partial charge in [-0.2, -0.15) is 4.57 Å². The van der Waals surface area contributed by atoms with Crippen LogP contribution in [0.25, 0.3) is 0 Å². The first-order chi connectivity index (χ1) is 16.6. The van der Waals surface area contributed by atoms with Crippen molar-refractivity contribution in [3.05, 3.63) is 69.0 Å². The van der Waals surface area contributed by atoms with E-state index in [-0.39, 0.29) is 10.6 Å². The first-order valence-corrected chi connectivity index (χ1v) is 14.4. The molecule has 11 nitrogen and oxygen atoms in total. The van der Waals surface area contributed by atoms with Crippen LogP contribution >= 0.6 is 0 Å². The molecule has 3 N–H and O–H groups in total. The van der Waals surface area contributed by atoms with Crippen molar-refractivity contribution in [3.8, 4) is 0 Å². The van der Waals surface area contributed by atoms with Crippen LogP contribution in [0.3, 0.4) is 0 Å². The summed E-state index contributed by atoms with van der Waals surface area (Å²) in [6.45, 7) is 10.4. The number of nitrogens with zero attached hydrogens (tertiary/aromatic N) is 2. The number of carbonyl (C=O) groups is 2. The number of aromatic nitrogens is 2. The summed E-state index contributed by atoms with van der Waals surface area (Å²) >= 11 is 0. The highest BCUT2D eigenvalue weighted by Gasteiger charge is 2.60. The van der Waals surface area contributed by atoms with Gasteiger partial charge in [-0.3, -0.25) is 19.0 Å². The lowest BCUT2D eigenvalue weighted by molar-refractivity contribution is -0.150. The smallest absolute Gasteiger partial charge is 0.340 e. The number of nitrogens with one attached hydrogen (secondary N) is 1. The number of ether oxygens (including phenoxy) is 1. The van der Waals surface area contributed by atoms with E-state index in [2.05, 4.69) is 5.32 Å². The Labute approximate surface area is 209 Å². The van der Waals surface area contributed by atoms with Gasteiger partial charge in [0.15, 0.2) is 14.5 Å². The Hall–Kier alpha value is -2.90. The molecular weight excluding hydrogens is 486 g/mol. The third-order valence-corrected chi connectivity index (χ3v) is 11.2. The summed E-state index contributed by atoms with van der Waals surface area (Å²) in [6, 6.07) is 8.75. The summed E-state index contributed by atoms with van der Waals surface area (Å²) in [7, 11) is -2.59. The van der Waals surface area contributed by atoms with Crippen molar-refractivity contribution in [1.82, 2.24) is 14.5 Å². The van der Waals surface area contributed by atoms with Crippen LogP contribution in [0, 0.1) is 0 Å². The third-order valence-electron chi connectivity index (χ3n) is 6.72. The fourth-order valence-electron chi connectivity index (χ4n) is 3.82. The fraction of sp³-hybridized carbons (Fsp3) is 0.500. The molecule has 0 spiro atoms. The van der Waals surface area contributed by atoms with Crippen molar-refractivity contribution < 1.29 is 29.0 Å². The first kappa shape index (κ1) is 27.7. The zero-order chi connectivity index (χ0) is 27.1. The number of hydrogen-bond acceptors (Lipinski definition) is 8. The second kappa shape index (κ2) is 9.86. The molecule has 36 heavy (non-hydrogen) atoms. The van der Waals surface area contributed by atoms with Gasteiger partial charge in [0, 0.05) is 24.8 Å². The van der Waals surface area contributed by atoms with E-state index in [0.29, 0.717) is 4.57 Å². The van der Waals surface area contributed by atoms with E-state index in [9.17, 15) is 29.4 Å². The van der Waals surface area contributed by atoms with Crippen LogP contribution in [0.2, 0.25) is 18.1 Å². The van der Waals surface area contributed by atoms with Gasteiger partial charge in [0.05, 0.1) is 6.61 Å². The lowest BCUT2D eigenvalue weighted by atomic mass is 10.0. The normalized spacial score (nSPS) is 24.5. The predicted octanol–water partition coefficient (Wildman–Crippen LogP) is 0.803. The van der Waals surface area contributed by atoms with Crippen molar-refractivity contribution in [2.75, 3.05) is 6.61 Å². The highest BCUT2D eigenvalue weighted by atomic mass is 28.4. The predicted molar refractivity (Wildman–Crippen MR) is 133 cm³/mol. The van der Waals surface area contributed by atoms with Crippen LogP contribution in [-0.2, 0) is 14.0 Å². The van der Waals surface area contributed by atoms with Crippen molar-refractivity contribution >= 4 is 20.1 Å². The number of amides is 1. The highest BCUT2D eigenvalue weighted by Crippen LogP contribution is 2.44. The Balaban J connectivity index is 2.16. The Morgan fingerprint density at radius 1 is 1.17 bits per heavy atom. The number of benzene rings is 1. The van der Waals surface area contributed by atoms with Gasteiger partial charge < -0.3 is 24.7 Å². The topological polar surface area (TPSA) is 149 Å². The molecule has 196 valence electrons. The van der Waals surface area contributed by atoms with E-state index in [1.54, 1.807) is 18.2 Å². The monoisotopic (exact) mass is 519 g/mol. The first-order valence-electron chi connectivity index (χ1n) is 11.5. The maximum absolute atomic E-state index is 13.4. The molecule has 0 bridgehead atoms. The Kier molecular flexibility index (Phi) is 7.58. The fourth-order valence-corrected chi connectivity index (χ4v) is 5.14. The van der Waals surface area contributed by atoms with Gasteiger partial charge in [-0.1, -0.05) is 39.0 Å². The molecule has 12 heteroatoms. The van der Waals surface area contributed by atoms with Gasteiger partial charge in [-0.15, -0.1) is 0 Å². The molecule has 4 atom stereocenters. The van der Waals surface area contributed by atoms with E-state index in [1.807, 2.05) is 33.9 Å². The molecule has 1 amide bonds. The quantitative estimate of drug-likeness (QED) is 0.375. The summed E-state index contributed by atoms with van der Waals surface area (Å²) < 4.78 is 13.5. The zero-order valence-electron chi connectivity index (χ0n) is 21.2. The van der Waals surface area contributed by atoms with Gasteiger partial charge in [0.2, 0.25) is 11.6 Å². The van der Waals surface area contributed by atoms with Crippen LogP contribution in [0.4, 0.5) is 0 Å². The molecule has 1 saturated heterocycles. The molecule has 1 fully saturated rings. The van der Waals surface area contributed by atoms with Crippen LogP contribution in [-0.4, -0.2) is 64.0 Å². The number of aliphatic hydroxyl groups excluding tert-OH is 1. The molecule has 3 rings (SSSR count). The van der Waals surface area contributed by atoms with E-state index in [0.717, 1.165) is 16.8 Å². The average Bonchev–Trinajstić information content (AvgIpc) is 3.03. The van der Waals surface area contributed by atoms with E-state index >= 15 is 0 Å². The van der Waals surface area contributed by atoms with Gasteiger partial charge in [0.25, 0.3) is 11.5 Å². The molecular formula is C24H33N3O8Si. The summed E-state index contributed by atoms with van der Waals surface area (Å²) in [5.74, 6) is -1.51. The number of rotatable bonds is 6. The maximum atomic E-state index is 13.4. The summed E-state index contributed by atoms with van der Waals surface area (Å²) in [6.07, 6.45) is -2.93. The van der Waals surface area contributed by atoms with Gasteiger partial charge >= 0.3 is 5.69 Å². The highest BCUT2D eigenvalue weighted by molar-refractivity contribution is 6.74. The molecule has 1 aliphatic rings. The number of hydrogen-bond donors (Lipinski definition) is 3. The van der Waals surface area contributed by atoms with E-state index in [4.69, 9.17) is 9.16 Å². The molecule has 1 aliphatic heterocycles. The largest absolute Gasteiger partial charge is 0.406 e. The third kappa shape index (κ3) is 4.99. The molecule has 1 aromatic heterocycles. The van der Waals surface area contributed by atoms with E-state index in [1.165, 1.54) is 19.1 Å². The van der Waals surface area contributed by atoms with Crippen molar-refractivity contribution in [3.63, 3.8) is 0 Å². The molecule has 1 aromatic carbocycles. The molecule has 2 heterocycles. The lowest BCUT2D eigenvalue weighted by Crippen LogP contribution is -2.64. The van der Waals surface area contributed by atoms with Crippen LogP contribution in [0.1, 0.15) is 44.3 Å². The lowest BCUT2D eigenvalue weighted by Gasteiger charge is -2.43. The van der Waals surface area contributed by atoms with Gasteiger partial charge in [-0.25, -0.2) is 4.79 Å². The maximum Gasteiger partial charge on any atom is 0.340 e. The molecule has 2 aromatic rings. The summed E-state index contributed by atoms with van der Waals surface area (Å²) in [5.41, 5.74) is -4.17. The van der Waals surface area contributed by atoms with Gasteiger partial charge in [0.1, 0.15) is 12.2 Å². The zero-order valence-corrected chi connectivity index (χ0v) is 22.2. The SMILES string of the molecule is CC(=O)N[C@@]1(O)[C@H](O[Si](C)(C)C(C)(C)C)[C@@H](CO)O[C@H]1n1ccc(=O)n(C(=O)c2ccccc2)c1=O. The van der Waals surface area contributed by atoms with Crippen molar-refractivity contribution in [2.45, 2.75) is 70.0 Å². The minimum Gasteiger partial charge on any atom is -0.406 e. The second-order valence-corrected chi connectivity index (χ2v) is 15.1. The van der Waals surface area contributed by atoms with Crippen LogP contribution in [0.15, 0.2) is 52.2 Å². The molecule has 0 radical (unpaired) electrons. The average molecular weight is 520 g/mol. The molecule has 0 aliphatic carbocycles. The van der Waals surface area contributed by atoms with Gasteiger partial charge in [-0.05, 0) is 30.3 Å². The number of carbonyl (C=O) groups excluding carboxylic acids is 2. The second-order valence-electron chi connectivity index (χ2n) is 10.4. The Bertz CT molecular complexity index is 1250. The van der Waals surface area contributed by atoms with Crippen LogP contribution in [0.5, 0.6) is 0 Å². The minimum atomic E-state index is -2.59. The molecule has 0 saturated carbocycles. The summed E-state index contributed by atoms with van der Waals surface area (Å²) in [4.78, 5) is 51.1. The van der Waals surface area contributed by atoms with E-state index < -0.39 is 62.1 Å². The Morgan fingerprint density at radius 2 is 1.78 bits per heavy atom. The Morgan fingerprint density at radius 3 is 2.31 bits per heavy atom. The molecule has 0 unspecified atom stereocenters. The standard InChI is InChI=1S/C24H33N3O8Si/c1-15(29)25-24(33)19(35-36(5,6)23(2,3)4)17(14-28)34-21(24)26-13-12-18(30)27(22(26)32)20(31)16-10-8-7-9-11-16/h7-13,17,19,21,28,33H,14H2,1-6H3,(H,25,29)/t17-,19-,21-,24-/m1/s1.